The molecule has 0 aliphatic carbocycles. The SMILES string of the molecule is COc1cc(CCNCc2ccc(OC)c(OC)c2)ccc1O. The van der Waals surface area contributed by atoms with Crippen molar-refractivity contribution in [3.05, 3.63) is 47.5 Å². The average Bonchev–Trinajstić information content (AvgIpc) is 2.59. The van der Waals surface area contributed by atoms with Gasteiger partial charge in [0.15, 0.2) is 23.0 Å². The predicted molar refractivity (Wildman–Crippen MR) is 89.6 cm³/mol. The van der Waals surface area contributed by atoms with Crippen molar-refractivity contribution in [2.75, 3.05) is 27.9 Å². The Kier molecular flexibility index (Phi) is 6.11. The zero-order valence-corrected chi connectivity index (χ0v) is 13.8. The molecule has 2 rings (SSSR count). The standard InChI is InChI=1S/C18H23NO4/c1-21-16-7-5-14(11-18(16)23-3)12-19-9-8-13-4-6-15(20)17(10-13)22-2/h4-7,10-11,19-20H,8-9,12H2,1-3H3. The van der Waals surface area contributed by atoms with Crippen molar-refractivity contribution in [3.8, 4) is 23.0 Å². The van der Waals surface area contributed by atoms with Crippen LogP contribution in [-0.2, 0) is 13.0 Å². The van der Waals surface area contributed by atoms with Gasteiger partial charge >= 0.3 is 0 Å². The van der Waals surface area contributed by atoms with E-state index in [0.29, 0.717) is 5.75 Å². The Morgan fingerprint density at radius 1 is 0.826 bits per heavy atom. The van der Waals surface area contributed by atoms with E-state index in [2.05, 4.69) is 5.32 Å². The second kappa shape index (κ2) is 8.29. The first-order chi connectivity index (χ1) is 11.2. The summed E-state index contributed by atoms with van der Waals surface area (Å²) in [7, 11) is 4.81. The molecule has 0 saturated carbocycles. The summed E-state index contributed by atoms with van der Waals surface area (Å²) in [5.74, 6) is 2.12. The van der Waals surface area contributed by atoms with E-state index in [1.807, 2.05) is 30.3 Å². The van der Waals surface area contributed by atoms with Gasteiger partial charge < -0.3 is 24.6 Å². The van der Waals surface area contributed by atoms with Crippen LogP contribution in [0.25, 0.3) is 0 Å². The normalized spacial score (nSPS) is 10.4. The van der Waals surface area contributed by atoms with E-state index in [1.54, 1.807) is 27.4 Å². The lowest BCUT2D eigenvalue weighted by molar-refractivity contribution is 0.354. The molecule has 0 amide bonds. The average molecular weight is 317 g/mol. The number of benzene rings is 2. The molecule has 0 atom stereocenters. The van der Waals surface area contributed by atoms with Gasteiger partial charge in [-0.3, -0.25) is 0 Å². The highest BCUT2D eigenvalue weighted by Crippen LogP contribution is 2.28. The van der Waals surface area contributed by atoms with Crippen LogP contribution in [0.5, 0.6) is 23.0 Å². The molecule has 0 saturated heterocycles. The van der Waals surface area contributed by atoms with Gasteiger partial charge in [0.05, 0.1) is 21.3 Å². The third-order valence-electron chi connectivity index (χ3n) is 3.61. The second-order valence-corrected chi connectivity index (χ2v) is 5.12. The Labute approximate surface area is 136 Å². The number of phenols is 1. The van der Waals surface area contributed by atoms with Gasteiger partial charge in [0.1, 0.15) is 0 Å². The van der Waals surface area contributed by atoms with Crippen LogP contribution in [0.3, 0.4) is 0 Å². The Hall–Kier alpha value is -2.40. The van der Waals surface area contributed by atoms with E-state index in [1.165, 1.54) is 0 Å². The van der Waals surface area contributed by atoms with E-state index >= 15 is 0 Å². The minimum Gasteiger partial charge on any atom is -0.504 e. The van der Waals surface area contributed by atoms with E-state index in [9.17, 15) is 5.11 Å². The van der Waals surface area contributed by atoms with Crippen molar-refractivity contribution >= 4 is 0 Å². The fraction of sp³-hybridized carbons (Fsp3) is 0.333. The molecule has 0 unspecified atom stereocenters. The first-order valence-corrected chi connectivity index (χ1v) is 7.45. The first kappa shape index (κ1) is 17.0. The molecular weight excluding hydrogens is 294 g/mol. The van der Waals surface area contributed by atoms with Crippen LogP contribution in [-0.4, -0.2) is 33.0 Å². The summed E-state index contributed by atoms with van der Waals surface area (Å²) < 4.78 is 15.6. The molecule has 124 valence electrons. The molecule has 0 spiro atoms. The molecule has 2 aromatic rings. The smallest absolute Gasteiger partial charge is 0.161 e. The maximum Gasteiger partial charge on any atom is 0.161 e. The van der Waals surface area contributed by atoms with Crippen LogP contribution >= 0.6 is 0 Å². The second-order valence-electron chi connectivity index (χ2n) is 5.12. The van der Waals surface area contributed by atoms with Crippen molar-refractivity contribution in [2.24, 2.45) is 0 Å². The molecule has 0 fully saturated rings. The summed E-state index contributed by atoms with van der Waals surface area (Å²) in [5.41, 5.74) is 2.24. The van der Waals surface area contributed by atoms with Crippen LogP contribution in [0, 0.1) is 0 Å². The summed E-state index contributed by atoms with van der Waals surface area (Å²) in [6.45, 7) is 1.57. The summed E-state index contributed by atoms with van der Waals surface area (Å²) >= 11 is 0. The van der Waals surface area contributed by atoms with Crippen molar-refractivity contribution < 1.29 is 19.3 Å². The molecule has 0 heterocycles. The molecule has 2 aromatic carbocycles. The van der Waals surface area contributed by atoms with Gasteiger partial charge in [-0.1, -0.05) is 12.1 Å². The van der Waals surface area contributed by atoms with E-state index in [0.717, 1.165) is 42.1 Å². The Bertz CT molecular complexity index is 643. The maximum atomic E-state index is 9.58. The van der Waals surface area contributed by atoms with Gasteiger partial charge in [0.2, 0.25) is 0 Å². The van der Waals surface area contributed by atoms with Crippen LogP contribution in [0.2, 0.25) is 0 Å². The molecule has 0 aromatic heterocycles. The number of hydrogen-bond donors (Lipinski definition) is 2. The number of ether oxygens (including phenoxy) is 3. The zero-order chi connectivity index (χ0) is 16.7. The van der Waals surface area contributed by atoms with Crippen molar-refractivity contribution in [1.82, 2.24) is 5.32 Å². The molecule has 0 radical (unpaired) electrons. The molecule has 23 heavy (non-hydrogen) atoms. The Morgan fingerprint density at radius 2 is 1.48 bits per heavy atom. The maximum absolute atomic E-state index is 9.58. The number of phenolic OH excluding ortho intramolecular Hbond substituents is 1. The highest BCUT2D eigenvalue weighted by molar-refractivity contribution is 5.43. The lowest BCUT2D eigenvalue weighted by atomic mass is 10.1. The summed E-state index contributed by atoms with van der Waals surface area (Å²) in [6.07, 6.45) is 0.851. The number of rotatable bonds is 8. The zero-order valence-electron chi connectivity index (χ0n) is 13.8. The van der Waals surface area contributed by atoms with Gasteiger partial charge in [0, 0.05) is 6.54 Å². The summed E-state index contributed by atoms with van der Waals surface area (Å²) in [6, 6.07) is 11.3. The van der Waals surface area contributed by atoms with Gasteiger partial charge in [-0.25, -0.2) is 0 Å². The fourth-order valence-electron chi connectivity index (χ4n) is 2.33. The number of methoxy groups -OCH3 is 3. The summed E-state index contributed by atoms with van der Waals surface area (Å²) in [4.78, 5) is 0. The van der Waals surface area contributed by atoms with E-state index in [4.69, 9.17) is 14.2 Å². The van der Waals surface area contributed by atoms with Crippen LogP contribution in [0.4, 0.5) is 0 Å². The van der Waals surface area contributed by atoms with Crippen LogP contribution < -0.4 is 19.5 Å². The number of aromatic hydroxyl groups is 1. The highest BCUT2D eigenvalue weighted by atomic mass is 16.5. The lowest BCUT2D eigenvalue weighted by Gasteiger charge is -2.11. The van der Waals surface area contributed by atoms with Crippen LogP contribution in [0.1, 0.15) is 11.1 Å². The van der Waals surface area contributed by atoms with Crippen molar-refractivity contribution in [2.45, 2.75) is 13.0 Å². The topological polar surface area (TPSA) is 60.0 Å². The van der Waals surface area contributed by atoms with Crippen LogP contribution in [0.15, 0.2) is 36.4 Å². The molecular formula is C18H23NO4. The minimum absolute atomic E-state index is 0.162. The highest BCUT2D eigenvalue weighted by Gasteiger charge is 2.05. The third kappa shape index (κ3) is 4.53. The van der Waals surface area contributed by atoms with Gasteiger partial charge in [-0.15, -0.1) is 0 Å². The summed E-state index contributed by atoms with van der Waals surface area (Å²) in [5, 5.41) is 13.0. The van der Waals surface area contributed by atoms with Gasteiger partial charge in [0.25, 0.3) is 0 Å². The molecule has 0 bridgehead atoms. The van der Waals surface area contributed by atoms with E-state index in [-0.39, 0.29) is 5.75 Å². The van der Waals surface area contributed by atoms with E-state index < -0.39 is 0 Å². The lowest BCUT2D eigenvalue weighted by Crippen LogP contribution is -2.16. The molecule has 5 nitrogen and oxygen atoms in total. The largest absolute Gasteiger partial charge is 0.504 e. The van der Waals surface area contributed by atoms with Crippen molar-refractivity contribution in [1.29, 1.82) is 0 Å². The fourth-order valence-corrected chi connectivity index (χ4v) is 2.33. The minimum atomic E-state index is 0.162. The number of nitrogens with one attached hydrogen (secondary N) is 1. The van der Waals surface area contributed by atoms with Crippen molar-refractivity contribution in [3.63, 3.8) is 0 Å². The molecule has 0 aliphatic rings. The molecule has 0 aliphatic heterocycles. The number of hydrogen-bond acceptors (Lipinski definition) is 5. The Balaban J connectivity index is 1.86. The quantitative estimate of drug-likeness (QED) is 0.733. The third-order valence-corrected chi connectivity index (χ3v) is 3.61. The Morgan fingerprint density at radius 3 is 2.17 bits per heavy atom. The predicted octanol–water partition coefficient (Wildman–Crippen LogP) is 2.75. The molecule has 2 N–H and O–H groups in total. The monoisotopic (exact) mass is 317 g/mol. The first-order valence-electron chi connectivity index (χ1n) is 7.45. The van der Waals surface area contributed by atoms with Gasteiger partial charge in [-0.05, 0) is 48.4 Å². The molecule has 5 heteroatoms. The van der Waals surface area contributed by atoms with Gasteiger partial charge in [-0.2, -0.15) is 0 Å².